The molecule has 0 unspecified atom stereocenters. The number of aromatic nitrogens is 4. The van der Waals surface area contributed by atoms with Gasteiger partial charge in [0.1, 0.15) is 5.82 Å². The minimum atomic E-state index is -0.668. The normalized spacial score (nSPS) is 17.6. The van der Waals surface area contributed by atoms with Gasteiger partial charge in [-0.1, -0.05) is 0 Å². The summed E-state index contributed by atoms with van der Waals surface area (Å²) in [6.45, 7) is 7.77. The largest absolute Gasteiger partial charge is 0.389 e. The first-order valence-corrected chi connectivity index (χ1v) is 7.36. The van der Waals surface area contributed by atoms with Crippen LogP contribution in [0, 0.1) is 0 Å². The van der Waals surface area contributed by atoms with Crippen LogP contribution < -0.4 is 4.90 Å². The monoisotopic (exact) mass is 310 g/mol. The van der Waals surface area contributed by atoms with Crippen molar-refractivity contribution < 1.29 is 5.11 Å². The topological polar surface area (TPSA) is 81.2 Å². The van der Waals surface area contributed by atoms with E-state index in [1.54, 1.807) is 6.20 Å². The third kappa shape index (κ3) is 3.25. The van der Waals surface area contributed by atoms with Crippen molar-refractivity contribution in [2.45, 2.75) is 19.4 Å². The first-order valence-electron chi connectivity index (χ1n) is 6.99. The quantitative estimate of drug-likeness (QED) is 0.820. The molecule has 114 valence electrons. The van der Waals surface area contributed by atoms with E-state index < -0.39 is 5.60 Å². The van der Waals surface area contributed by atoms with Crippen LogP contribution in [0.1, 0.15) is 13.8 Å². The van der Waals surface area contributed by atoms with E-state index in [0.29, 0.717) is 12.2 Å². The number of halogens is 1. The fourth-order valence-electron chi connectivity index (χ4n) is 2.70. The van der Waals surface area contributed by atoms with E-state index in [1.807, 2.05) is 13.8 Å². The van der Waals surface area contributed by atoms with Gasteiger partial charge in [0.2, 0.25) is 5.28 Å². The predicted molar refractivity (Wildman–Crippen MR) is 81.6 cm³/mol. The number of nitrogens with zero attached hydrogens (tertiary/aromatic N) is 5. The molecule has 2 N–H and O–H groups in total. The Morgan fingerprint density at radius 2 is 2.00 bits per heavy atom. The van der Waals surface area contributed by atoms with Gasteiger partial charge in [0.05, 0.1) is 17.2 Å². The lowest BCUT2D eigenvalue weighted by Crippen LogP contribution is -2.50. The number of rotatable bonds is 3. The van der Waals surface area contributed by atoms with E-state index in [-0.39, 0.29) is 5.28 Å². The Kier molecular flexibility index (Phi) is 3.73. The Hall–Kier alpha value is -1.44. The second-order valence-electron chi connectivity index (χ2n) is 6.02. The molecule has 0 spiro atoms. The summed E-state index contributed by atoms with van der Waals surface area (Å²) in [5, 5.41) is 17.8. The van der Waals surface area contributed by atoms with Gasteiger partial charge in [-0.15, -0.1) is 0 Å². The number of anilines is 1. The summed E-state index contributed by atoms with van der Waals surface area (Å²) < 4.78 is 0. The third-order valence-corrected chi connectivity index (χ3v) is 3.71. The van der Waals surface area contributed by atoms with E-state index in [9.17, 15) is 5.11 Å². The number of hydrogen-bond donors (Lipinski definition) is 2. The van der Waals surface area contributed by atoms with Gasteiger partial charge in [-0.3, -0.25) is 10.00 Å². The summed E-state index contributed by atoms with van der Waals surface area (Å²) in [7, 11) is 0. The predicted octanol–water partition coefficient (Wildman–Crippen LogP) is 0.899. The van der Waals surface area contributed by atoms with Gasteiger partial charge < -0.3 is 10.0 Å². The number of hydrogen-bond acceptors (Lipinski definition) is 6. The molecular formula is C13H19ClN6O. The molecule has 0 bridgehead atoms. The van der Waals surface area contributed by atoms with E-state index in [0.717, 1.165) is 37.4 Å². The van der Waals surface area contributed by atoms with Crippen molar-refractivity contribution in [3.05, 3.63) is 11.5 Å². The van der Waals surface area contributed by atoms with Crippen LogP contribution in [0.5, 0.6) is 0 Å². The van der Waals surface area contributed by atoms with Gasteiger partial charge >= 0.3 is 0 Å². The Labute approximate surface area is 127 Å². The highest BCUT2D eigenvalue weighted by Crippen LogP contribution is 2.25. The van der Waals surface area contributed by atoms with Crippen molar-refractivity contribution in [2.24, 2.45) is 0 Å². The average Bonchev–Trinajstić information content (AvgIpc) is 2.85. The van der Waals surface area contributed by atoms with Crippen molar-refractivity contribution in [1.29, 1.82) is 0 Å². The van der Waals surface area contributed by atoms with E-state index in [1.165, 1.54) is 0 Å². The van der Waals surface area contributed by atoms with Gasteiger partial charge in [-0.2, -0.15) is 15.1 Å². The second kappa shape index (κ2) is 5.40. The van der Waals surface area contributed by atoms with E-state index >= 15 is 0 Å². The zero-order valence-electron chi connectivity index (χ0n) is 12.2. The molecule has 21 heavy (non-hydrogen) atoms. The number of nitrogens with one attached hydrogen (secondary N) is 1. The maximum atomic E-state index is 9.90. The van der Waals surface area contributed by atoms with Gasteiger partial charge in [-0.05, 0) is 25.4 Å². The molecular weight excluding hydrogens is 292 g/mol. The smallest absolute Gasteiger partial charge is 0.226 e. The minimum Gasteiger partial charge on any atom is -0.389 e. The van der Waals surface area contributed by atoms with Crippen molar-refractivity contribution >= 4 is 28.5 Å². The Morgan fingerprint density at radius 3 is 2.67 bits per heavy atom. The van der Waals surface area contributed by atoms with Gasteiger partial charge in [0.15, 0.2) is 5.65 Å². The van der Waals surface area contributed by atoms with E-state index in [2.05, 4.69) is 30.0 Å². The van der Waals surface area contributed by atoms with Crippen LogP contribution in [0.3, 0.4) is 0 Å². The molecule has 1 fully saturated rings. The van der Waals surface area contributed by atoms with Gasteiger partial charge in [0, 0.05) is 32.7 Å². The van der Waals surface area contributed by atoms with Crippen LogP contribution in [0.2, 0.25) is 5.28 Å². The molecule has 0 saturated carbocycles. The highest BCUT2D eigenvalue weighted by Gasteiger charge is 2.24. The summed E-state index contributed by atoms with van der Waals surface area (Å²) in [5.74, 6) is 0.821. The van der Waals surface area contributed by atoms with Gasteiger partial charge in [-0.25, -0.2) is 0 Å². The maximum Gasteiger partial charge on any atom is 0.226 e. The molecule has 0 aliphatic carbocycles. The van der Waals surface area contributed by atoms with Crippen molar-refractivity contribution in [3.63, 3.8) is 0 Å². The molecule has 0 amide bonds. The Bertz CT molecular complexity index is 629. The number of aromatic amines is 1. The number of aliphatic hydroxyl groups is 1. The molecule has 7 nitrogen and oxygen atoms in total. The van der Waals surface area contributed by atoms with Crippen LogP contribution in [0.25, 0.3) is 11.0 Å². The van der Waals surface area contributed by atoms with Crippen molar-refractivity contribution in [3.8, 4) is 0 Å². The van der Waals surface area contributed by atoms with Crippen LogP contribution in [0.4, 0.5) is 5.82 Å². The standard InChI is InChI=1S/C13H19ClN6O/c1-13(2,21)8-19-3-5-20(6-4-19)11-9-7-15-18-10(9)16-12(14)17-11/h7,21H,3-6,8H2,1-2H3,(H,15,16,17,18). The zero-order valence-corrected chi connectivity index (χ0v) is 12.9. The van der Waals surface area contributed by atoms with Crippen LogP contribution in [0.15, 0.2) is 6.20 Å². The molecule has 3 rings (SSSR count). The fraction of sp³-hybridized carbons (Fsp3) is 0.615. The summed E-state index contributed by atoms with van der Waals surface area (Å²) in [6, 6.07) is 0. The number of β-amino-alcohol motifs (C(OH)–C–C–N with tert-alkyl or cyclic N) is 1. The molecule has 3 heterocycles. The maximum absolute atomic E-state index is 9.90. The molecule has 8 heteroatoms. The molecule has 1 aliphatic rings. The van der Waals surface area contributed by atoms with Crippen molar-refractivity contribution in [2.75, 3.05) is 37.6 Å². The second-order valence-corrected chi connectivity index (χ2v) is 6.36. The lowest BCUT2D eigenvalue weighted by molar-refractivity contribution is 0.0345. The lowest BCUT2D eigenvalue weighted by Gasteiger charge is -2.37. The SMILES string of the molecule is CC(C)(O)CN1CCN(c2nc(Cl)nc3[nH]ncc23)CC1. The molecule has 0 atom stereocenters. The molecule has 1 aliphatic heterocycles. The Balaban J connectivity index is 1.75. The van der Waals surface area contributed by atoms with Crippen LogP contribution in [-0.4, -0.2) is 68.5 Å². The third-order valence-electron chi connectivity index (χ3n) is 3.54. The van der Waals surface area contributed by atoms with Crippen LogP contribution >= 0.6 is 11.6 Å². The van der Waals surface area contributed by atoms with Gasteiger partial charge in [0.25, 0.3) is 0 Å². The molecule has 2 aromatic heterocycles. The highest BCUT2D eigenvalue weighted by atomic mass is 35.5. The summed E-state index contributed by atoms with van der Waals surface area (Å²) >= 11 is 5.98. The number of piperazine rings is 1. The molecule has 2 aromatic rings. The molecule has 0 aromatic carbocycles. The highest BCUT2D eigenvalue weighted by molar-refractivity contribution is 6.28. The fourth-order valence-corrected chi connectivity index (χ4v) is 2.86. The summed E-state index contributed by atoms with van der Waals surface area (Å²) in [6.07, 6.45) is 1.73. The summed E-state index contributed by atoms with van der Waals surface area (Å²) in [5.41, 5.74) is -0.0120. The zero-order chi connectivity index (χ0) is 15.0. The van der Waals surface area contributed by atoms with Crippen LogP contribution in [-0.2, 0) is 0 Å². The minimum absolute atomic E-state index is 0.223. The summed E-state index contributed by atoms with van der Waals surface area (Å²) in [4.78, 5) is 12.9. The van der Waals surface area contributed by atoms with E-state index in [4.69, 9.17) is 11.6 Å². The average molecular weight is 311 g/mol. The van der Waals surface area contributed by atoms with Crippen molar-refractivity contribution in [1.82, 2.24) is 25.1 Å². The number of fused-ring (bicyclic) bond motifs is 1. The Morgan fingerprint density at radius 1 is 1.29 bits per heavy atom. The lowest BCUT2D eigenvalue weighted by atomic mass is 10.1. The molecule has 0 radical (unpaired) electrons. The molecule has 1 saturated heterocycles. The number of H-pyrrole nitrogens is 1. The first kappa shape index (κ1) is 14.5. The first-order chi connectivity index (χ1) is 9.92.